The number of carbonyl (C=O) groups is 2. The lowest BCUT2D eigenvalue weighted by Gasteiger charge is -2.33. The van der Waals surface area contributed by atoms with Crippen molar-refractivity contribution in [3.63, 3.8) is 0 Å². The van der Waals surface area contributed by atoms with E-state index in [1.165, 1.54) is 11.3 Å². The van der Waals surface area contributed by atoms with Crippen molar-refractivity contribution in [2.45, 2.75) is 47.0 Å². The number of carbonyl (C=O) groups excluding carboxylic acids is 2. The van der Waals surface area contributed by atoms with Crippen molar-refractivity contribution in [2.24, 2.45) is 11.3 Å². The molecule has 0 radical (unpaired) electrons. The maximum Gasteiger partial charge on any atom is 0.262 e. The fraction of sp³-hybridized carbons (Fsp3) is 0.379. The first kappa shape index (κ1) is 27.0. The van der Waals surface area contributed by atoms with Gasteiger partial charge in [-0.1, -0.05) is 38.4 Å². The molecule has 1 aliphatic rings. The third-order valence-corrected chi connectivity index (χ3v) is 7.96. The molecule has 2 aromatic carbocycles. The zero-order valence-electron chi connectivity index (χ0n) is 21.7. The number of anilines is 2. The fourth-order valence-corrected chi connectivity index (χ4v) is 6.04. The van der Waals surface area contributed by atoms with E-state index in [0.29, 0.717) is 39.5 Å². The molecular formula is C29H33ClN2O4S. The van der Waals surface area contributed by atoms with Crippen LogP contribution in [0, 0.1) is 11.3 Å². The summed E-state index contributed by atoms with van der Waals surface area (Å²) in [5.41, 5.74) is 2.40. The molecule has 1 heterocycles. The van der Waals surface area contributed by atoms with E-state index in [1.807, 2.05) is 31.2 Å². The third kappa shape index (κ3) is 6.84. The second-order valence-corrected chi connectivity index (χ2v) is 11.8. The third-order valence-electron chi connectivity index (χ3n) is 6.56. The highest BCUT2D eigenvalue weighted by Gasteiger charge is 2.34. The fourth-order valence-electron chi connectivity index (χ4n) is 4.52. The van der Waals surface area contributed by atoms with Crippen molar-refractivity contribution in [1.29, 1.82) is 0 Å². The van der Waals surface area contributed by atoms with Gasteiger partial charge in [-0.2, -0.15) is 0 Å². The van der Waals surface area contributed by atoms with Crippen molar-refractivity contribution in [3.05, 3.63) is 69.6 Å². The summed E-state index contributed by atoms with van der Waals surface area (Å²) < 4.78 is 11.1. The van der Waals surface area contributed by atoms with E-state index in [4.69, 9.17) is 21.1 Å². The summed E-state index contributed by atoms with van der Waals surface area (Å²) >= 11 is 7.50. The van der Waals surface area contributed by atoms with E-state index >= 15 is 0 Å². The highest BCUT2D eigenvalue weighted by Crippen LogP contribution is 2.44. The minimum absolute atomic E-state index is 0.167. The minimum Gasteiger partial charge on any atom is -0.494 e. The number of hydrogen-bond acceptors (Lipinski definition) is 5. The monoisotopic (exact) mass is 540 g/mol. The standard InChI is InChI=1S/C29H33ClN2O4S/c1-5-35-21-12-10-20(11-13-21)31-27(34)26-23-14-9-18(29(2,3)4)15-24(23)37-28(26)32-25(33)17-36-22-8-6-7-19(30)16-22/h6-8,10-13,16,18H,5,9,14-15,17H2,1-4H3,(H,31,34)(H,32,33). The lowest BCUT2D eigenvalue weighted by molar-refractivity contribution is -0.118. The Morgan fingerprint density at radius 2 is 1.81 bits per heavy atom. The molecule has 1 aliphatic carbocycles. The van der Waals surface area contributed by atoms with Crippen LogP contribution in [0.4, 0.5) is 10.7 Å². The smallest absolute Gasteiger partial charge is 0.262 e. The van der Waals surface area contributed by atoms with Crippen molar-refractivity contribution in [1.82, 2.24) is 0 Å². The van der Waals surface area contributed by atoms with Crippen molar-refractivity contribution >= 4 is 45.4 Å². The predicted molar refractivity (Wildman–Crippen MR) is 150 cm³/mol. The number of hydrogen-bond donors (Lipinski definition) is 2. The zero-order valence-corrected chi connectivity index (χ0v) is 23.2. The molecule has 3 aromatic rings. The molecule has 2 amide bonds. The van der Waals surface area contributed by atoms with Crippen LogP contribution < -0.4 is 20.1 Å². The van der Waals surface area contributed by atoms with Crippen LogP contribution in [0.5, 0.6) is 11.5 Å². The van der Waals surface area contributed by atoms with Crippen molar-refractivity contribution in [3.8, 4) is 11.5 Å². The van der Waals surface area contributed by atoms with E-state index in [0.717, 1.165) is 35.5 Å². The van der Waals surface area contributed by atoms with Gasteiger partial charge in [-0.05, 0) is 85.5 Å². The van der Waals surface area contributed by atoms with Gasteiger partial charge in [0.1, 0.15) is 16.5 Å². The van der Waals surface area contributed by atoms with Gasteiger partial charge in [-0.25, -0.2) is 0 Å². The molecule has 1 unspecified atom stereocenters. The summed E-state index contributed by atoms with van der Waals surface area (Å²) in [6, 6.07) is 14.2. The minimum atomic E-state index is -0.332. The van der Waals surface area contributed by atoms with E-state index < -0.39 is 0 Å². The van der Waals surface area contributed by atoms with E-state index in [2.05, 4.69) is 31.4 Å². The molecule has 1 atom stereocenters. The van der Waals surface area contributed by atoms with Gasteiger partial charge in [0.05, 0.1) is 12.2 Å². The van der Waals surface area contributed by atoms with Gasteiger partial charge in [0.15, 0.2) is 6.61 Å². The molecule has 1 aromatic heterocycles. The number of ether oxygens (including phenoxy) is 2. The number of thiophene rings is 1. The number of fused-ring (bicyclic) bond motifs is 1. The van der Waals surface area contributed by atoms with Crippen LogP contribution in [0.1, 0.15) is 54.9 Å². The summed E-state index contributed by atoms with van der Waals surface area (Å²) in [5.74, 6) is 1.20. The molecule has 37 heavy (non-hydrogen) atoms. The van der Waals surface area contributed by atoms with Crippen LogP contribution >= 0.6 is 22.9 Å². The Kier molecular flexibility index (Phi) is 8.45. The first-order valence-electron chi connectivity index (χ1n) is 12.5. The van der Waals surface area contributed by atoms with Gasteiger partial charge in [-0.3, -0.25) is 9.59 Å². The Hall–Kier alpha value is -3.03. The van der Waals surface area contributed by atoms with E-state index in [-0.39, 0.29) is 23.8 Å². The van der Waals surface area contributed by atoms with Crippen LogP contribution in [0.2, 0.25) is 5.02 Å². The molecule has 0 aliphatic heterocycles. The number of halogens is 1. The molecule has 0 fully saturated rings. The summed E-state index contributed by atoms with van der Waals surface area (Å²) in [5, 5.41) is 7.03. The molecule has 0 saturated heterocycles. The Bertz CT molecular complexity index is 1260. The SMILES string of the molecule is CCOc1ccc(NC(=O)c2c(NC(=O)COc3cccc(Cl)c3)sc3c2CCC(C(C)(C)C)C3)cc1. The average Bonchev–Trinajstić information content (AvgIpc) is 3.20. The maximum atomic E-state index is 13.5. The molecular weight excluding hydrogens is 508 g/mol. The summed E-state index contributed by atoms with van der Waals surface area (Å²) in [6.45, 7) is 9.08. The molecule has 0 bridgehead atoms. The normalized spacial score (nSPS) is 15.0. The summed E-state index contributed by atoms with van der Waals surface area (Å²) in [6.07, 6.45) is 2.69. The second kappa shape index (κ2) is 11.6. The van der Waals surface area contributed by atoms with Gasteiger partial charge in [-0.15, -0.1) is 11.3 Å². The molecule has 0 saturated carbocycles. The highest BCUT2D eigenvalue weighted by atomic mass is 35.5. The molecule has 2 N–H and O–H groups in total. The molecule has 196 valence electrons. The summed E-state index contributed by atoms with van der Waals surface area (Å²) in [7, 11) is 0. The van der Waals surface area contributed by atoms with Crippen LogP contribution in [-0.4, -0.2) is 25.0 Å². The molecule has 8 heteroatoms. The number of rotatable bonds is 8. The zero-order chi connectivity index (χ0) is 26.6. The largest absolute Gasteiger partial charge is 0.494 e. The quantitative estimate of drug-likeness (QED) is 0.316. The molecule has 4 rings (SSSR count). The lowest BCUT2D eigenvalue weighted by atomic mass is 9.72. The van der Waals surface area contributed by atoms with Gasteiger partial charge in [0.25, 0.3) is 11.8 Å². The molecule has 6 nitrogen and oxygen atoms in total. The van der Waals surface area contributed by atoms with E-state index in [1.54, 1.807) is 24.3 Å². The van der Waals surface area contributed by atoms with Crippen LogP contribution in [-0.2, 0) is 17.6 Å². The average molecular weight is 541 g/mol. The van der Waals surface area contributed by atoms with Crippen molar-refractivity contribution < 1.29 is 19.1 Å². The van der Waals surface area contributed by atoms with Crippen LogP contribution in [0.25, 0.3) is 0 Å². The van der Waals surface area contributed by atoms with Gasteiger partial charge < -0.3 is 20.1 Å². The number of amides is 2. The first-order valence-corrected chi connectivity index (χ1v) is 13.7. The van der Waals surface area contributed by atoms with Crippen molar-refractivity contribution in [2.75, 3.05) is 23.8 Å². The Labute approximate surface area is 227 Å². The molecule has 0 spiro atoms. The van der Waals surface area contributed by atoms with Crippen LogP contribution in [0.3, 0.4) is 0 Å². The predicted octanol–water partition coefficient (Wildman–Crippen LogP) is 7.22. The summed E-state index contributed by atoms with van der Waals surface area (Å²) in [4.78, 5) is 27.5. The Morgan fingerprint density at radius 1 is 1.05 bits per heavy atom. The number of benzene rings is 2. The van der Waals surface area contributed by atoms with Crippen LogP contribution in [0.15, 0.2) is 48.5 Å². The van der Waals surface area contributed by atoms with Gasteiger partial charge in [0.2, 0.25) is 0 Å². The topological polar surface area (TPSA) is 76.7 Å². The van der Waals surface area contributed by atoms with Gasteiger partial charge >= 0.3 is 0 Å². The highest BCUT2D eigenvalue weighted by molar-refractivity contribution is 7.17. The lowest BCUT2D eigenvalue weighted by Crippen LogP contribution is -2.27. The van der Waals surface area contributed by atoms with Gasteiger partial charge in [0, 0.05) is 15.6 Å². The number of nitrogens with one attached hydrogen (secondary N) is 2. The Morgan fingerprint density at radius 3 is 2.49 bits per heavy atom. The Balaban J connectivity index is 1.55. The first-order chi connectivity index (χ1) is 17.6. The second-order valence-electron chi connectivity index (χ2n) is 10.2. The maximum absolute atomic E-state index is 13.5. The van der Waals surface area contributed by atoms with E-state index in [9.17, 15) is 9.59 Å².